The molecule has 1 rings (SSSR count). The summed E-state index contributed by atoms with van der Waals surface area (Å²) >= 11 is 3.60. The van der Waals surface area contributed by atoms with Gasteiger partial charge in [0.15, 0.2) is 0 Å². The summed E-state index contributed by atoms with van der Waals surface area (Å²) in [6, 6.07) is 7.13. The highest BCUT2D eigenvalue weighted by atomic mass is 79.9. The van der Waals surface area contributed by atoms with Crippen LogP contribution in [0.3, 0.4) is 0 Å². The van der Waals surface area contributed by atoms with Crippen molar-refractivity contribution in [2.75, 3.05) is 18.9 Å². The van der Waals surface area contributed by atoms with E-state index in [1.807, 2.05) is 12.1 Å². The Labute approximate surface area is 125 Å². The molecule has 1 aromatic carbocycles. The van der Waals surface area contributed by atoms with Crippen molar-refractivity contribution in [3.05, 3.63) is 35.6 Å². The van der Waals surface area contributed by atoms with Gasteiger partial charge in [0, 0.05) is 23.5 Å². The summed E-state index contributed by atoms with van der Waals surface area (Å²) in [6.45, 7) is 9.76. The van der Waals surface area contributed by atoms with Crippen molar-refractivity contribution in [1.29, 1.82) is 0 Å². The summed E-state index contributed by atoms with van der Waals surface area (Å²) in [5.74, 6) is 0.416. The van der Waals surface area contributed by atoms with E-state index in [1.54, 1.807) is 6.07 Å². The highest BCUT2D eigenvalue weighted by molar-refractivity contribution is 9.09. The first-order valence-electron chi connectivity index (χ1n) is 6.78. The first kappa shape index (κ1) is 16.6. The van der Waals surface area contributed by atoms with E-state index < -0.39 is 0 Å². The molecule has 0 aliphatic heterocycles. The second-order valence-electron chi connectivity index (χ2n) is 6.35. The lowest BCUT2D eigenvalue weighted by atomic mass is 9.81. The Morgan fingerprint density at radius 2 is 1.84 bits per heavy atom. The van der Waals surface area contributed by atoms with E-state index in [9.17, 15) is 4.39 Å². The Morgan fingerprint density at radius 1 is 1.26 bits per heavy atom. The Balaban J connectivity index is 2.78. The molecule has 0 heterocycles. The van der Waals surface area contributed by atoms with Gasteiger partial charge in [-0.2, -0.15) is 0 Å². The third-order valence-corrected chi connectivity index (χ3v) is 4.72. The maximum atomic E-state index is 13.8. The van der Waals surface area contributed by atoms with Gasteiger partial charge in [-0.05, 0) is 31.4 Å². The molecule has 0 bridgehead atoms. The van der Waals surface area contributed by atoms with Crippen LogP contribution >= 0.6 is 15.9 Å². The molecule has 2 unspecified atom stereocenters. The molecule has 0 amide bonds. The van der Waals surface area contributed by atoms with Gasteiger partial charge in [-0.15, -0.1) is 0 Å². The molecule has 0 aliphatic carbocycles. The van der Waals surface area contributed by atoms with E-state index in [1.165, 1.54) is 6.07 Å². The highest BCUT2D eigenvalue weighted by Crippen LogP contribution is 2.30. The molecule has 3 heteroatoms. The van der Waals surface area contributed by atoms with Crippen LogP contribution in [0.4, 0.5) is 4.39 Å². The molecule has 0 radical (unpaired) electrons. The van der Waals surface area contributed by atoms with Crippen LogP contribution in [0.25, 0.3) is 0 Å². The lowest BCUT2D eigenvalue weighted by Crippen LogP contribution is -2.35. The molecule has 0 fully saturated rings. The van der Waals surface area contributed by atoms with Gasteiger partial charge >= 0.3 is 0 Å². The molecule has 19 heavy (non-hydrogen) atoms. The smallest absolute Gasteiger partial charge is 0.127 e. The number of hydrogen-bond acceptors (Lipinski definition) is 1. The Morgan fingerprint density at radius 3 is 2.32 bits per heavy atom. The molecule has 0 N–H and O–H groups in total. The number of rotatable bonds is 5. The Bertz CT molecular complexity index is 400. The summed E-state index contributed by atoms with van der Waals surface area (Å²) in [4.78, 5) is 2.23. The first-order chi connectivity index (χ1) is 8.77. The van der Waals surface area contributed by atoms with Gasteiger partial charge in [0.2, 0.25) is 0 Å². The highest BCUT2D eigenvalue weighted by Gasteiger charge is 2.26. The molecule has 2 atom stereocenters. The molecule has 1 aromatic rings. The monoisotopic (exact) mass is 329 g/mol. The SMILES string of the molecule is CC(c1ccccc1F)N(C)CC(CBr)C(C)(C)C. The van der Waals surface area contributed by atoms with Crippen LogP contribution in [0.1, 0.15) is 39.3 Å². The van der Waals surface area contributed by atoms with E-state index in [2.05, 4.69) is 55.6 Å². The summed E-state index contributed by atoms with van der Waals surface area (Å²) in [5, 5.41) is 0.963. The number of hydrogen-bond donors (Lipinski definition) is 0. The normalized spacial score (nSPS) is 15.6. The van der Waals surface area contributed by atoms with Gasteiger partial charge in [-0.1, -0.05) is 54.9 Å². The maximum Gasteiger partial charge on any atom is 0.127 e. The second kappa shape index (κ2) is 6.85. The average Bonchev–Trinajstić information content (AvgIpc) is 2.34. The zero-order valence-electron chi connectivity index (χ0n) is 12.6. The first-order valence-corrected chi connectivity index (χ1v) is 7.90. The molecule has 0 aromatic heterocycles. The molecular weight excluding hydrogens is 305 g/mol. The maximum absolute atomic E-state index is 13.8. The fraction of sp³-hybridized carbons (Fsp3) is 0.625. The van der Waals surface area contributed by atoms with E-state index >= 15 is 0 Å². The summed E-state index contributed by atoms with van der Waals surface area (Å²) in [7, 11) is 2.07. The number of alkyl halides is 1. The molecule has 1 nitrogen and oxygen atoms in total. The van der Waals surface area contributed by atoms with Crippen LogP contribution < -0.4 is 0 Å². The summed E-state index contributed by atoms with van der Waals surface area (Å²) in [6.07, 6.45) is 0. The number of halogens is 2. The third-order valence-electron chi connectivity index (χ3n) is 3.94. The van der Waals surface area contributed by atoms with Crippen molar-refractivity contribution >= 4 is 15.9 Å². The van der Waals surface area contributed by atoms with Crippen molar-refractivity contribution < 1.29 is 4.39 Å². The van der Waals surface area contributed by atoms with E-state index in [0.29, 0.717) is 5.92 Å². The fourth-order valence-electron chi connectivity index (χ4n) is 2.11. The Hall–Kier alpha value is -0.410. The number of benzene rings is 1. The summed E-state index contributed by atoms with van der Waals surface area (Å²) < 4.78 is 13.8. The average molecular weight is 330 g/mol. The standard InChI is InChI=1S/C16H25BrFN/c1-12(14-8-6-7-9-15(14)18)19(5)11-13(10-17)16(2,3)4/h6-9,12-13H,10-11H2,1-5H3. The van der Waals surface area contributed by atoms with Gasteiger partial charge in [0.05, 0.1) is 0 Å². The molecular formula is C16H25BrFN. The topological polar surface area (TPSA) is 3.24 Å². The minimum atomic E-state index is -0.118. The van der Waals surface area contributed by atoms with Gasteiger partial charge in [0.25, 0.3) is 0 Å². The minimum Gasteiger partial charge on any atom is -0.299 e. The fourth-order valence-corrected chi connectivity index (χ4v) is 3.29. The van der Waals surface area contributed by atoms with Gasteiger partial charge in [0.1, 0.15) is 5.82 Å². The van der Waals surface area contributed by atoms with E-state index in [4.69, 9.17) is 0 Å². The molecule has 108 valence electrons. The van der Waals surface area contributed by atoms with Crippen LogP contribution in [0, 0.1) is 17.2 Å². The lowest BCUT2D eigenvalue weighted by Gasteiger charge is -2.35. The van der Waals surface area contributed by atoms with E-state index in [0.717, 1.165) is 17.4 Å². The van der Waals surface area contributed by atoms with Crippen molar-refractivity contribution in [1.82, 2.24) is 4.90 Å². The number of nitrogens with zero attached hydrogens (tertiary/aromatic N) is 1. The predicted molar refractivity (Wildman–Crippen MR) is 84.2 cm³/mol. The Kier molecular flexibility index (Phi) is 6.00. The van der Waals surface area contributed by atoms with Gasteiger partial charge in [-0.3, -0.25) is 4.90 Å². The quantitative estimate of drug-likeness (QED) is 0.696. The van der Waals surface area contributed by atoms with Crippen LogP contribution in [0.15, 0.2) is 24.3 Å². The zero-order chi connectivity index (χ0) is 14.6. The third kappa shape index (κ3) is 4.57. The zero-order valence-corrected chi connectivity index (χ0v) is 14.2. The minimum absolute atomic E-state index is 0.0881. The summed E-state index contributed by atoms with van der Waals surface area (Å²) in [5.41, 5.74) is 1.01. The molecule has 0 saturated carbocycles. The van der Waals surface area contributed by atoms with Crippen LogP contribution in [0.5, 0.6) is 0 Å². The van der Waals surface area contributed by atoms with E-state index in [-0.39, 0.29) is 17.3 Å². The lowest BCUT2D eigenvalue weighted by molar-refractivity contribution is 0.157. The van der Waals surface area contributed by atoms with Gasteiger partial charge < -0.3 is 0 Å². The molecule has 0 spiro atoms. The molecule has 0 aliphatic rings. The van der Waals surface area contributed by atoms with Crippen molar-refractivity contribution in [3.8, 4) is 0 Å². The predicted octanol–water partition coefficient (Wildman–Crippen LogP) is 4.88. The second-order valence-corrected chi connectivity index (χ2v) is 7.00. The van der Waals surface area contributed by atoms with Crippen LogP contribution in [-0.2, 0) is 0 Å². The van der Waals surface area contributed by atoms with Crippen LogP contribution in [0.2, 0.25) is 0 Å². The van der Waals surface area contributed by atoms with Crippen molar-refractivity contribution in [2.45, 2.75) is 33.7 Å². The van der Waals surface area contributed by atoms with Crippen molar-refractivity contribution in [2.24, 2.45) is 11.3 Å². The molecule has 0 saturated heterocycles. The largest absolute Gasteiger partial charge is 0.299 e. The van der Waals surface area contributed by atoms with Crippen molar-refractivity contribution in [3.63, 3.8) is 0 Å². The van der Waals surface area contributed by atoms with Gasteiger partial charge in [-0.25, -0.2) is 4.39 Å². The van der Waals surface area contributed by atoms with Crippen LogP contribution in [-0.4, -0.2) is 23.8 Å².